The molecule has 0 aromatic rings. The van der Waals surface area contributed by atoms with Gasteiger partial charge in [0.1, 0.15) is 0 Å². The van der Waals surface area contributed by atoms with Crippen LogP contribution in [0.3, 0.4) is 0 Å². The average Bonchev–Trinajstić information content (AvgIpc) is 2.17. The second-order valence-electron chi connectivity index (χ2n) is 2.39. The van der Waals surface area contributed by atoms with Gasteiger partial charge in [0.15, 0.2) is 0 Å². The summed E-state index contributed by atoms with van der Waals surface area (Å²) in [6.07, 6.45) is 4.52. The van der Waals surface area contributed by atoms with E-state index in [1.807, 2.05) is 6.20 Å². The number of hydrogen-bond acceptors (Lipinski definition) is 3. The Bertz CT molecular complexity index is 111. The molecule has 1 fully saturated rings. The van der Waals surface area contributed by atoms with Crippen molar-refractivity contribution >= 4 is 0 Å². The van der Waals surface area contributed by atoms with Gasteiger partial charge in [-0.1, -0.05) is 0 Å². The Labute approximate surface area is 55.3 Å². The zero-order chi connectivity index (χ0) is 6.69. The van der Waals surface area contributed by atoms with Crippen molar-refractivity contribution in [3.63, 3.8) is 0 Å². The highest BCUT2D eigenvalue weighted by molar-refractivity contribution is 4.86. The Hall–Kier alpha value is -0.700. The lowest BCUT2D eigenvalue weighted by Crippen LogP contribution is -2.23. The molecule has 3 nitrogen and oxygen atoms in total. The molecule has 52 valence electrons. The van der Waals surface area contributed by atoms with E-state index >= 15 is 0 Å². The molecule has 0 bridgehead atoms. The minimum absolute atomic E-state index is 0.348. The lowest BCUT2D eigenvalue weighted by Gasteiger charge is -2.09. The maximum Gasteiger partial charge on any atom is 0.0325 e. The monoisotopic (exact) mass is 127 g/mol. The molecule has 3 heteroatoms. The molecule has 4 N–H and O–H groups in total. The molecular weight excluding hydrogens is 114 g/mol. The number of hydrogen-bond donors (Lipinski definition) is 2. The summed E-state index contributed by atoms with van der Waals surface area (Å²) >= 11 is 0. The molecule has 1 saturated heterocycles. The van der Waals surface area contributed by atoms with E-state index in [9.17, 15) is 0 Å². The summed E-state index contributed by atoms with van der Waals surface area (Å²) in [5.41, 5.74) is 10.8. The molecule has 1 rings (SSSR count). The van der Waals surface area contributed by atoms with Crippen LogP contribution in [0.15, 0.2) is 12.4 Å². The van der Waals surface area contributed by atoms with Crippen molar-refractivity contribution in [1.29, 1.82) is 0 Å². The van der Waals surface area contributed by atoms with Crippen molar-refractivity contribution in [2.24, 2.45) is 11.5 Å². The fourth-order valence-electron chi connectivity index (χ4n) is 1.07. The van der Waals surface area contributed by atoms with Crippen LogP contribution < -0.4 is 11.5 Å². The molecule has 0 aromatic heterocycles. The first-order chi connectivity index (χ1) is 4.33. The summed E-state index contributed by atoms with van der Waals surface area (Å²) in [5, 5.41) is 0. The van der Waals surface area contributed by atoms with E-state index in [0.717, 1.165) is 19.5 Å². The highest BCUT2D eigenvalue weighted by Crippen LogP contribution is 2.05. The predicted octanol–water partition coefficient (Wildman–Crippen LogP) is -0.551. The Morgan fingerprint density at radius 1 is 1.56 bits per heavy atom. The highest BCUT2D eigenvalue weighted by Gasteiger charge is 2.14. The first-order valence-corrected chi connectivity index (χ1v) is 3.21. The van der Waals surface area contributed by atoms with E-state index in [-0.39, 0.29) is 0 Å². The molecule has 1 aliphatic rings. The Kier molecular flexibility index (Phi) is 1.95. The number of nitrogens with two attached hydrogens (primary N) is 2. The Morgan fingerprint density at radius 2 is 2.33 bits per heavy atom. The van der Waals surface area contributed by atoms with E-state index < -0.39 is 0 Å². The summed E-state index contributed by atoms with van der Waals surface area (Å²) in [5.74, 6) is 0. The van der Waals surface area contributed by atoms with Crippen LogP contribution in [0.25, 0.3) is 0 Å². The van der Waals surface area contributed by atoms with Crippen LogP contribution in [0.5, 0.6) is 0 Å². The summed E-state index contributed by atoms with van der Waals surface area (Å²) < 4.78 is 0. The molecule has 0 spiro atoms. The normalized spacial score (nSPS) is 28.1. The van der Waals surface area contributed by atoms with Crippen LogP contribution in [0.2, 0.25) is 0 Å². The predicted molar refractivity (Wildman–Crippen MR) is 37.5 cm³/mol. The van der Waals surface area contributed by atoms with Gasteiger partial charge in [-0.25, -0.2) is 0 Å². The second-order valence-corrected chi connectivity index (χ2v) is 2.39. The van der Waals surface area contributed by atoms with Crippen LogP contribution in [-0.4, -0.2) is 24.0 Å². The van der Waals surface area contributed by atoms with Crippen LogP contribution >= 0.6 is 0 Å². The molecule has 0 aliphatic carbocycles. The van der Waals surface area contributed by atoms with Gasteiger partial charge in [0.05, 0.1) is 0 Å². The van der Waals surface area contributed by atoms with Gasteiger partial charge in [0.25, 0.3) is 0 Å². The summed E-state index contributed by atoms with van der Waals surface area (Å²) in [6, 6.07) is 0.348. The Balaban J connectivity index is 2.30. The summed E-state index contributed by atoms with van der Waals surface area (Å²) in [7, 11) is 0. The summed E-state index contributed by atoms with van der Waals surface area (Å²) in [6.45, 7) is 2.00. The SMILES string of the molecule is N/C=C/N1CCC(N)C1. The van der Waals surface area contributed by atoms with Gasteiger partial charge in [-0.3, -0.25) is 0 Å². The zero-order valence-corrected chi connectivity index (χ0v) is 5.46. The Morgan fingerprint density at radius 3 is 2.78 bits per heavy atom. The van der Waals surface area contributed by atoms with Gasteiger partial charge in [-0.15, -0.1) is 0 Å². The van der Waals surface area contributed by atoms with Crippen LogP contribution in [-0.2, 0) is 0 Å². The fraction of sp³-hybridized carbons (Fsp3) is 0.667. The third-order valence-electron chi connectivity index (χ3n) is 1.55. The smallest absolute Gasteiger partial charge is 0.0325 e. The zero-order valence-electron chi connectivity index (χ0n) is 5.46. The van der Waals surface area contributed by atoms with E-state index in [4.69, 9.17) is 11.5 Å². The molecule has 0 amide bonds. The van der Waals surface area contributed by atoms with Crippen molar-refractivity contribution in [2.45, 2.75) is 12.5 Å². The van der Waals surface area contributed by atoms with Crippen molar-refractivity contribution < 1.29 is 0 Å². The van der Waals surface area contributed by atoms with E-state index in [0.29, 0.717) is 6.04 Å². The largest absolute Gasteiger partial charge is 0.403 e. The number of nitrogens with zero attached hydrogens (tertiary/aromatic N) is 1. The van der Waals surface area contributed by atoms with Crippen molar-refractivity contribution in [1.82, 2.24) is 4.90 Å². The van der Waals surface area contributed by atoms with Crippen molar-refractivity contribution in [3.8, 4) is 0 Å². The lowest BCUT2D eigenvalue weighted by molar-refractivity contribution is 0.459. The molecule has 1 heterocycles. The topological polar surface area (TPSA) is 55.3 Å². The number of likely N-dealkylation sites (tertiary alicyclic amines) is 1. The highest BCUT2D eigenvalue weighted by atomic mass is 15.1. The number of rotatable bonds is 1. The molecule has 1 aliphatic heterocycles. The van der Waals surface area contributed by atoms with Gasteiger partial charge in [0.2, 0.25) is 0 Å². The standard InChI is InChI=1S/C6H13N3/c7-2-4-9-3-1-6(8)5-9/h2,4,6H,1,3,5,7-8H2/b4-2+. The third-order valence-corrected chi connectivity index (χ3v) is 1.55. The van der Waals surface area contributed by atoms with Gasteiger partial charge < -0.3 is 16.4 Å². The first kappa shape index (κ1) is 6.42. The molecule has 0 radical (unpaired) electrons. The van der Waals surface area contributed by atoms with Gasteiger partial charge in [0, 0.05) is 31.5 Å². The molecule has 1 unspecified atom stereocenters. The minimum atomic E-state index is 0.348. The van der Waals surface area contributed by atoms with Crippen LogP contribution in [0.1, 0.15) is 6.42 Å². The van der Waals surface area contributed by atoms with E-state index in [1.165, 1.54) is 0 Å². The lowest BCUT2D eigenvalue weighted by atomic mass is 10.3. The van der Waals surface area contributed by atoms with E-state index in [2.05, 4.69) is 4.90 Å². The molecule has 0 saturated carbocycles. The average molecular weight is 127 g/mol. The quantitative estimate of drug-likeness (QED) is 0.497. The maximum absolute atomic E-state index is 5.64. The minimum Gasteiger partial charge on any atom is -0.403 e. The third kappa shape index (κ3) is 1.61. The van der Waals surface area contributed by atoms with Crippen molar-refractivity contribution in [3.05, 3.63) is 12.4 Å². The first-order valence-electron chi connectivity index (χ1n) is 3.21. The second kappa shape index (κ2) is 2.73. The van der Waals surface area contributed by atoms with Gasteiger partial charge >= 0.3 is 0 Å². The molecule has 9 heavy (non-hydrogen) atoms. The maximum atomic E-state index is 5.64. The molecule has 0 aromatic carbocycles. The van der Waals surface area contributed by atoms with Crippen molar-refractivity contribution in [2.75, 3.05) is 13.1 Å². The van der Waals surface area contributed by atoms with Crippen LogP contribution in [0, 0.1) is 0 Å². The molecule has 1 atom stereocenters. The van der Waals surface area contributed by atoms with E-state index in [1.54, 1.807) is 6.20 Å². The fourth-order valence-corrected chi connectivity index (χ4v) is 1.07. The van der Waals surface area contributed by atoms with Gasteiger partial charge in [-0.05, 0) is 6.42 Å². The summed E-state index contributed by atoms with van der Waals surface area (Å²) in [4.78, 5) is 2.13. The molecular formula is C6H13N3. The van der Waals surface area contributed by atoms with Gasteiger partial charge in [-0.2, -0.15) is 0 Å². The van der Waals surface area contributed by atoms with Crippen LogP contribution in [0.4, 0.5) is 0 Å².